The highest BCUT2D eigenvalue weighted by atomic mass is 32.2. The Kier molecular flexibility index (Phi) is 4.65. The van der Waals surface area contributed by atoms with Gasteiger partial charge in [-0.25, -0.2) is 4.98 Å². The lowest BCUT2D eigenvalue weighted by Crippen LogP contribution is -2.20. The number of para-hydroxylation sites is 3. The first kappa shape index (κ1) is 14.9. The van der Waals surface area contributed by atoms with Gasteiger partial charge in [0, 0.05) is 12.8 Å². The van der Waals surface area contributed by atoms with E-state index in [2.05, 4.69) is 4.98 Å². The molecule has 0 amide bonds. The van der Waals surface area contributed by atoms with Crippen molar-refractivity contribution in [3.63, 3.8) is 0 Å². The smallest absolute Gasteiger partial charge is 0.168 e. The van der Waals surface area contributed by atoms with E-state index in [-0.39, 0.29) is 6.61 Å². The van der Waals surface area contributed by atoms with Crippen molar-refractivity contribution in [1.29, 1.82) is 0 Å². The average Bonchev–Trinajstić information content (AvgIpc) is 2.88. The molecule has 114 valence electrons. The molecule has 3 aromatic rings. The maximum atomic E-state index is 10.1. The highest BCUT2D eigenvalue weighted by molar-refractivity contribution is 7.99. The third kappa shape index (κ3) is 3.43. The van der Waals surface area contributed by atoms with Gasteiger partial charge in [-0.15, -0.1) is 0 Å². The minimum absolute atomic E-state index is 0.279. The highest BCUT2D eigenvalue weighted by Crippen LogP contribution is 2.23. The number of hydrogen-bond donors (Lipinski definition) is 1. The molecule has 0 bridgehead atoms. The van der Waals surface area contributed by atoms with Crippen molar-refractivity contribution in [2.75, 3.05) is 12.4 Å². The number of aliphatic hydroxyl groups excluding tert-OH is 1. The first-order valence-electron chi connectivity index (χ1n) is 7.14. The zero-order valence-electron chi connectivity index (χ0n) is 12.3. The summed E-state index contributed by atoms with van der Waals surface area (Å²) < 4.78 is 7.60. The molecule has 0 radical (unpaired) electrons. The fraction of sp³-hybridized carbons (Fsp3) is 0.235. The van der Waals surface area contributed by atoms with Gasteiger partial charge in [-0.3, -0.25) is 0 Å². The lowest BCUT2D eigenvalue weighted by molar-refractivity contribution is 0.126. The van der Waals surface area contributed by atoms with Crippen molar-refractivity contribution in [1.82, 2.24) is 9.55 Å². The lowest BCUT2D eigenvalue weighted by Gasteiger charge is -2.11. The summed E-state index contributed by atoms with van der Waals surface area (Å²) in [7, 11) is 1.99. The van der Waals surface area contributed by atoms with Gasteiger partial charge in [0.1, 0.15) is 12.4 Å². The summed E-state index contributed by atoms with van der Waals surface area (Å²) in [5.74, 6) is 1.32. The van der Waals surface area contributed by atoms with E-state index in [0.717, 1.165) is 21.9 Å². The van der Waals surface area contributed by atoms with Gasteiger partial charge >= 0.3 is 0 Å². The molecule has 5 heteroatoms. The van der Waals surface area contributed by atoms with Crippen LogP contribution in [0.1, 0.15) is 0 Å². The zero-order valence-corrected chi connectivity index (χ0v) is 13.2. The minimum Gasteiger partial charge on any atom is -0.491 e. The lowest BCUT2D eigenvalue weighted by atomic mass is 10.3. The molecule has 1 aromatic heterocycles. The van der Waals surface area contributed by atoms with Crippen molar-refractivity contribution in [2.24, 2.45) is 7.05 Å². The third-order valence-corrected chi connectivity index (χ3v) is 4.51. The van der Waals surface area contributed by atoms with E-state index in [1.807, 2.05) is 66.2 Å². The van der Waals surface area contributed by atoms with Crippen LogP contribution in [-0.2, 0) is 7.05 Å². The predicted octanol–water partition coefficient (Wildman–Crippen LogP) is 3.11. The van der Waals surface area contributed by atoms with Crippen molar-refractivity contribution >= 4 is 22.8 Å². The third-order valence-electron chi connectivity index (χ3n) is 3.34. The van der Waals surface area contributed by atoms with E-state index >= 15 is 0 Å². The average molecular weight is 314 g/mol. The first-order valence-corrected chi connectivity index (χ1v) is 8.13. The molecule has 22 heavy (non-hydrogen) atoms. The van der Waals surface area contributed by atoms with Crippen molar-refractivity contribution in [3.05, 3.63) is 54.6 Å². The molecule has 0 saturated heterocycles. The van der Waals surface area contributed by atoms with Crippen LogP contribution in [0.3, 0.4) is 0 Å². The number of benzene rings is 2. The molecule has 1 N–H and O–H groups in total. The van der Waals surface area contributed by atoms with Crippen LogP contribution in [0.25, 0.3) is 11.0 Å². The van der Waals surface area contributed by atoms with E-state index in [9.17, 15) is 5.11 Å². The van der Waals surface area contributed by atoms with E-state index in [4.69, 9.17) is 4.74 Å². The minimum atomic E-state index is -0.537. The topological polar surface area (TPSA) is 47.3 Å². The Bertz CT molecular complexity index is 743. The molecule has 0 fully saturated rings. The van der Waals surface area contributed by atoms with E-state index in [0.29, 0.717) is 5.75 Å². The number of fused-ring (bicyclic) bond motifs is 1. The molecule has 4 nitrogen and oxygen atoms in total. The van der Waals surface area contributed by atoms with Gasteiger partial charge < -0.3 is 14.4 Å². The van der Waals surface area contributed by atoms with Crippen LogP contribution >= 0.6 is 11.8 Å². The molecule has 3 rings (SSSR count). The Balaban J connectivity index is 1.56. The van der Waals surface area contributed by atoms with Crippen LogP contribution in [0.4, 0.5) is 0 Å². The van der Waals surface area contributed by atoms with Crippen LogP contribution in [0, 0.1) is 0 Å². The van der Waals surface area contributed by atoms with Gasteiger partial charge in [-0.2, -0.15) is 0 Å². The van der Waals surface area contributed by atoms with E-state index in [1.165, 1.54) is 11.8 Å². The molecule has 0 saturated carbocycles. The van der Waals surface area contributed by atoms with Gasteiger partial charge in [0.15, 0.2) is 5.16 Å². The molecule has 0 aliphatic heterocycles. The Labute approximate surface area is 133 Å². The number of hydrogen-bond acceptors (Lipinski definition) is 4. The second-order valence-electron chi connectivity index (χ2n) is 5.03. The second kappa shape index (κ2) is 6.85. The molecule has 1 heterocycles. The summed E-state index contributed by atoms with van der Waals surface area (Å²) >= 11 is 1.54. The monoisotopic (exact) mass is 314 g/mol. The van der Waals surface area contributed by atoms with Gasteiger partial charge in [0.2, 0.25) is 0 Å². The van der Waals surface area contributed by atoms with E-state index < -0.39 is 6.10 Å². The summed E-state index contributed by atoms with van der Waals surface area (Å²) in [6.45, 7) is 0.279. The number of nitrogens with zero attached hydrogens (tertiary/aromatic N) is 2. The van der Waals surface area contributed by atoms with Crippen molar-refractivity contribution < 1.29 is 9.84 Å². The largest absolute Gasteiger partial charge is 0.491 e. The SMILES string of the molecule is Cn1c(SCC(O)COc2ccccc2)nc2ccccc21. The van der Waals surface area contributed by atoms with Gasteiger partial charge in [0.25, 0.3) is 0 Å². The number of imidazole rings is 1. The summed E-state index contributed by atoms with van der Waals surface area (Å²) in [4.78, 5) is 4.58. The maximum absolute atomic E-state index is 10.1. The predicted molar refractivity (Wildman–Crippen MR) is 89.4 cm³/mol. The summed E-state index contributed by atoms with van der Waals surface area (Å²) in [6.07, 6.45) is -0.537. The number of ether oxygens (including phenoxy) is 1. The van der Waals surface area contributed by atoms with Crippen LogP contribution in [0.15, 0.2) is 59.8 Å². The first-order chi connectivity index (χ1) is 10.7. The number of thioether (sulfide) groups is 1. The second-order valence-corrected chi connectivity index (χ2v) is 6.02. The Morgan fingerprint density at radius 3 is 2.64 bits per heavy atom. The van der Waals surface area contributed by atoms with Crippen molar-refractivity contribution in [3.8, 4) is 5.75 Å². The summed E-state index contributed by atoms with van der Waals surface area (Å²) in [5, 5.41) is 11.0. The molecule has 1 atom stereocenters. The summed E-state index contributed by atoms with van der Waals surface area (Å²) in [5.41, 5.74) is 2.07. The Hall–Kier alpha value is -1.98. The van der Waals surface area contributed by atoms with Gasteiger partial charge in [0.05, 0.1) is 17.1 Å². The zero-order chi connectivity index (χ0) is 15.4. The van der Waals surface area contributed by atoms with Crippen LogP contribution in [0.5, 0.6) is 5.75 Å². The van der Waals surface area contributed by atoms with E-state index in [1.54, 1.807) is 0 Å². The molecule has 1 unspecified atom stereocenters. The molecule has 0 aliphatic carbocycles. The molecule has 0 aliphatic rings. The number of aryl methyl sites for hydroxylation is 1. The standard InChI is InChI=1S/C17H18N2O2S/c1-19-16-10-6-5-9-15(16)18-17(19)22-12-13(20)11-21-14-7-3-2-4-8-14/h2-10,13,20H,11-12H2,1H3. The molecule has 2 aromatic carbocycles. The van der Waals surface area contributed by atoms with Crippen LogP contribution < -0.4 is 4.74 Å². The number of rotatable bonds is 6. The Morgan fingerprint density at radius 1 is 1.14 bits per heavy atom. The summed E-state index contributed by atoms with van der Waals surface area (Å²) in [6, 6.07) is 17.5. The number of aromatic nitrogens is 2. The molecular formula is C17H18N2O2S. The normalized spacial score (nSPS) is 12.5. The Morgan fingerprint density at radius 2 is 1.86 bits per heavy atom. The van der Waals surface area contributed by atoms with Crippen LogP contribution in [-0.4, -0.2) is 33.1 Å². The maximum Gasteiger partial charge on any atom is 0.168 e. The number of aliphatic hydroxyl groups is 1. The van der Waals surface area contributed by atoms with Gasteiger partial charge in [-0.05, 0) is 24.3 Å². The highest BCUT2D eigenvalue weighted by Gasteiger charge is 2.11. The quantitative estimate of drug-likeness (QED) is 0.710. The fourth-order valence-corrected chi connectivity index (χ4v) is 3.07. The van der Waals surface area contributed by atoms with Crippen LogP contribution in [0.2, 0.25) is 0 Å². The van der Waals surface area contributed by atoms with Gasteiger partial charge in [-0.1, -0.05) is 42.1 Å². The molecule has 0 spiro atoms. The van der Waals surface area contributed by atoms with Crippen molar-refractivity contribution in [2.45, 2.75) is 11.3 Å². The fourth-order valence-electron chi connectivity index (χ4n) is 2.18. The molecular weight excluding hydrogens is 296 g/mol.